The molecule has 0 aromatic carbocycles. The van der Waals surface area contributed by atoms with Gasteiger partial charge in [0, 0.05) is 14.2 Å². The summed E-state index contributed by atoms with van der Waals surface area (Å²) in [6, 6.07) is 0. The molecule has 0 amide bonds. The molecule has 1 aliphatic carbocycles. The van der Waals surface area contributed by atoms with Crippen LogP contribution < -0.4 is 5.73 Å². The monoisotopic (exact) mass is 275 g/mol. The topological polar surface area (TPSA) is 46.2 Å². The van der Waals surface area contributed by atoms with Crippen molar-refractivity contribution in [3.8, 4) is 0 Å². The highest BCUT2D eigenvalue weighted by molar-refractivity contribution is 9.10. The van der Waals surface area contributed by atoms with Gasteiger partial charge in [0.15, 0.2) is 0 Å². The minimum Gasteiger partial charge on any atom is -0.387 e. The van der Waals surface area contributed by atoms with Gasteiger partial charge in [0.05, 0.1) is 6.10 Å². The molecule has 1 aliphatic rings. The minimum absolute atomic E-state index is 0.384. The zero-order chi connectivity index (χ0) is 10.1. The van der Waals surface area contributed by atoms with Gasteiger partial charge in [0.1, 0.15) is 0 Å². The Hall–Kier alpha value is 0.100. The number of hydrogen-bond donors (Lipinski definition) is 2. The third kappa shape index (κ3) is 1.76. The standard InChI is InChI=1S/C10H14BrNOS/c11-9-6-2-1-3-8(6)14-10(9)7(13)4-5-12/h7,13H,1-5,12H2. The Morgan fingerprint density at radius 1 is 1.50 bits per heavy atom. The summed E-state index contributed by atoms with van der Waals surface area (Å²) < 4.78 is 1.14. The van der Waals surface area contributed by atoms with Crippen molar-refractivity contribution in [2.45, 2.75) is 31.8 Å². The van der Waals surface area contributed by atoms with Gasteiger partial charge in [0.25, 0.3) is 0 Å². The fourth-order valence-corrected chi connectivity index (χ4v) is 4.27. The number of aliphatic hydroxyl groups excluding tert-OH is 1. The van der Waals surface area contributed by atoms with Crippen molar-refractivity contribution in [1.29, 1.82) is 0 Å². The van der Waals surface area contributed by atoms with Crippen molar-refractivity contribution in [2.24, 2.45) is 5.73 Å². The highest BCUT2D eigenvalue weighted by Crippen LogP contribution is 2.42. The summed E-state index contributed by atoms with van der Waals surface area (Å²) in [4.78, 5) is 2.52. The van der Waals surface area contributed by atoms with E-state index >= 15 is 0 Å². The second-order valence-corrected chi connectivity index (χ2v) is 5.56. The van der Waals surface area contributed by atoms with Gasteiger partial charge >= 0.3 is 0 Å². The van der Waals surface area contributed by atoms with Gasteiger partial charge in [-0.15, -0.1) is 11.3 Å². The van der Waals surface area contributed by atoms with Gasteiger partial charge in [0.2, 0.25) is 0 Å². The van der Waals surface area contributed by atoms with E-state index in [1.54, 1.807) is 11.3 Å². The molecule has 0 spiro atoms. The largest absolute Gasteiger partial charge is 0.387 e. The number of rotatable bonds is 3. The van der Waals surface area contributed by atoms with Gasteiger partial charge in [-0.05, 0) is 53.7 Å². The average Bonchev–Trinajstić information content (AvgIpc) is 2.69. The Bertz CT molecular complexity index is 337. The molecule has 0 bridgehead atoms. The molecule has 1 unspecified atom stereocenters. The van der Waals surface area contributed by atoms with Crippen LogP contribution in [0.5, 0.6) is 0 Å². The van der Waals surface area contributed by atoms with Crippen LogP contribution in [0.1, 0.15) is 34.3 Å². The van der Waals surface area contributed by atoms with Crippen molar-refractivity contribution >= 4 is 27.3 Å². The highest BCUT2D eigenvalue weighted by atomic mass is 79.9. The lowest BCUT2D eigenvalue weighted by molar-refractivity contribution is 0.173. The van der Waals surface area contributed by atoms with E-state index in [1.807, 2.05) is 0 Å². The molecule has 1 heterocycles. The molecule has 1 aromatic heterocycles. The molecular formula is C10H14BrNOS. The van der Waals surface area contributed by atoms with E-state index in [-0.39, 0.29) is 6.10 Å². The van der Waals surface area contributed by atoms with E-state index in [9.17, 15) is 5.11 Å². The normalized spacial score (nSPS) is 17.1. The lowest BCUT2D eigenvalue weighted by Crippen LogP contribution is -2.05. The van der Waals surface area contributed by atoms with E-state index < -0.39 is 0 Å². The van der Waals surface area contributed by atoms with E-state index in [0.29, 0.717) is 13.0 Å². The van der Waals surface area contributed by atoms with Gasteiger partial charge in [-0.1, -0.05) is 0 Å². The van der Waals surface area contributed by atoms with Crippen molar-refractivity contribution in [1.82, 2.24) is 0 Å². The molecule has 0 saturated carbocycles. The molecule has 2 nitrogen and oxygen atoms in total. The summed E-state index contributed by atoms with van der Waals surface area (Å²) in [7, 11) is 0. The number of halogens is 1. The average molecular weight is 276 g/mol. The molecule has 1 atom stereocenters. The van der Waals surface area contributed by atoms with Crippen LogP contribution in [0.25, 0.3) is 0 Å². The Morgan fingerprint density at radius 3 is 2.93 bits per heavy atom. The van der Waals surface area contributed by atoms with Crippen molar-refractivity contribution in [3.63, 3.8) is 0 Å². The molecule has 1 aromatic rings. The Labute approximate surface area is 96.3 Å². The van der Waals surface area contributed by atoms with E-state index in [0.717, 1.165) is 15.8 Å². The van der Waals surface area contributed by atoms with E-state index in [2.05, 4.69) is 15.9 Å². The van der Waals surface area contributed by atoms with Crippen LogP contribution in [0.2, 0.25) is 0 Å². The van der Waals surface area contributed by atoms with Gasteiger partial charge in [-0.2, -0.15) is 0 Å². The Balaban J connectivity index is 2.27. The number of aliphatic hydroxyl groups is 1. The number of nitrogens with two attached hydrogens (primary N) is 1. The number of fused-ring (bicyclic) bond motifs is 1. The van der Waals surface area contributed by atoms with Crippen molar-refractivity contribution in [2.75, 3.05) is 6.54 Å². The molecule has 14 heavy (non-hydrogen) atoms. The van der Waals surface area contributed by atoms with Crippen LogP contribution in [-0.2, 0) is 12.8 Å². The molecule has 0 radical (unpaired) electrons. The first-order chi connectivity index (χ1) is 6.74. The summed E-state index contributed by atoms with van der Waals surface area (Å²) in [5, 5.41) is 9.86. The van der Waals surface area contributed by atoms with Crippen molar-refractivity contribution in [3.05, 3.63) is 19.8 Å². The van der Waals surface area contributed by atoms with Gasteiger partial charge < -0.3 is 10.8 Å². The summed E-state index contributed by atoms with van der Waals surface area (Å²) in [6.07, 6.45) is 3.85. The van der Waals surface area contributed by atoms with Crippen LogP contribution in [-0.4, -0.2) is 11.7 Å². The van der Waals surface area contributed by atoms with Crippen LogP contribution in [0.3, 0.4) is 0 Å². The zero-order valence-electron chi connectivity index (χ0n) is 7.92. The highest BCUT2D eigenvalue weighted by Gasteiger charge is 2.23. The van der Waals surface area contributed by atoms with Crippen LogP contribution in [0.15, 0.2) is 4.47 Å². The molecule has 0 aliphatic heterocycles. The summed E-state index contributed by atoms with van der Waals surface area (Å²) in [5.74, 6) is 0. The quantitative estimate of drug-likeness (QED) is 0.890. The zero-order valence-corrected chi connectivity index (χ0v) is 10.3. The predicted octanol–water partition coefficient (Wildman–Crippen LogP) is 2.38. The van der Waals surface area contributed by atoms with Gasteiger partial charge in [-0.3, -0.25) is 0 Å². The third-order valence-electron chi connectivity index (χ3n) is 2.62. The smallest absolute Gasteiger partial charge is 0.0905 e. The van der Waals surface area contributed by atoms with Crippen molar-refractivity contribution < 1.29 is 5.11 Å². The maximum Gasteiger partial charge on any atom is 0.0905 e. The lowest BCUT2D eigenvalue weighted by Gasteiger charge is -2.07. The Morgan fingerprint density at radius 2 is 2.29 bits per heavy atom. The third-order valence-corrected chi connectivity index (χ3v) is 5.19. The molecule has 78 valence electrons. The Kier molecular flexibility index (Phi) is 3.27. The minimum atomic E-state index is -0.384. The maximum absolute atomic E-state index is 9.86. The molecule has 0 saturated heterocycles. The summed E-state index contributed by atoms with van der Waals surface area (Å²) >= 11 is 5.33. The molecular weight excluding hydrogens is 262 g/mol. The van der Waals surface area contributed by atoms with Crippen LogP contribution >= 0.6 is 27.3 Å². The van der Waals surface area contributed by atoms with Crippen LogP contribution in [0.4, 0.5) is 0 Å². The van der Waals surface area contributed by atoms with E-state index in [4.69, 9.17) is 5.73 Å². The first-order valence-electron chi connectivity index (χ1n) is 4.92. The molecule has 0 fully saturated rings. The molecule has 4 heteroatoms. The van der Waals surface area contributed by atoms with E-state index in [1.165, 1.54) is 23.3 Å². The SMILES string of the molecule is NCCC(O)c1sc2c(c1Br)CCC2. The van der Waals surface area contributed by atoms with Gasteiger partial charge in [-0.25, -0.2) is 0 Å². The predicted molar refractivity (Wildman–Crippen MR) is 62.7 cm³/mol. The summed E-state index contributed by atoms with van der Waals surface area (Å²) in [6.45, 7) is 0.538. The molecule has 2 rings (SSSR count). The molecule has 3 N–H and O–H groups in total. The first-order valence-corrected chi connectivity index (χ1v) is 6.53. The first kappa shape index (κ1) is 10.6. The fourth-order valence-electron chi connectivity index (χ4n) is 1.89. The number of thiophene rings is 1. The number of aryl methyl sites for hydroxylation is 1. The maximum atomic E-state index is 9.86. The fraction of sp³-hybridized carbons (Fsp3) is 0.600. The summed E-state index contributed by atoms with van der Waals surface area (Å²) in [5.41, 5.74) is 6.86. The van der Waals surface area contributed by atoms with Crippen LogP contribution in [0, 0.1) is 0 Å². The lowest BCUT2D eigenvalue weighted by atomic mass is 10.2. The second kappa shape index (κ2) is 4.31. The number of hydrogen-bond acceptors (Lipinski definition) is 3. The second-order valence-electron chi connectivity index (χ2n) is 3.63.